The highest BCUT2D eigenvalue weighted by molar-refractivity contribution is 6.06. The van der Waals surface area contributed by atoms with E-state index in [1.807, 2.05) is 24.3 Å². The van der Waals surface area contributed by atoms with Crippen molar-refractivity contribution in [2.75, 3.05) is 30.4 Å². The van der Waals surface area contributed by atoms with Gasteiger partial charge in [-0.15, -0.1) is 0 Å². The molecule has 20 heavy (non-hydrogen) atoms. The first-order valence-corrected chi connectivity index (χ1v) is 6.98. The molecule has 0 saturated carbocycles. The fraction of sp³-hybridized carbons (Fsp3) is 0.467. The van der Waals surface area contributed by atoms with E-state index in [0.29, 0.717) is 0 Å². The predicted octanol–water partition coefficient (Wildman–Crippen LogP) is 1.70. The topological polar surface area (TPSA) is 52.7 Å². The Kier molecular flexibility index (Phi) is 4.27. The van der Waals surface area contributed by atoms with E-state index < -0.39 is 6.04 Å². The van der Waals surface area contributed by atoms with Crippen LogP contribution in [0.5, 0.6) is 0 Å². The van der Waals surface area contributed by atoms with Crippen molar-refractivity contribution in [3.63, 3.8) is 0 Å². The lowest BCUT2D eigenvalue weighted by molar-refractivity contribution is -0.136. The molecule has 2 amide bonds. The van der Waals surface area contributed by atoms with Crippen molar-refractivity contribution in [3.8, 4) is 0 Å². The predicted molar refractivity (Wildman–Crippen MR) is 79.8 cm³/mol. The van der Waals surface area contributed by atoms with E-state index in [-0.39, 0.29) is 18.2 Å². The van der Waals surface area contributed by atoms with Crippen LogP contribution >= 0.6 is 0 Å². The summed E-state index contributed by atoms with van der Waals surface area (Å²) in [6, 6.07) is 7.51. The lowest BCUT2D eigenvalue weighted by atomic mass is 10.2. The maximum atomic E-state index is 11.8. The molecule has 0 aromatic heterocycles. The number of rotatable bonds is 5. The van der Waals surface area contributed by atoms with E-state index in [2.05, 4.69) is 24.1 Å². The first kappa shape index (κ1) is 14.4. The molecule has 1 heterocycles. The van der Waals surface area contributed by atoms with Crippen LogP contribution in [0.25, 0.3) is 0 Å². The number of imide groups is 1. The minimum absolute atomic E-state index is 0.132. The molecule has 1 atom stereocenters. The number of nitrogens with one attached hydrogen (secondary N) is 1. The monoisotopic (exact) mass is 275 g/mol. The SMILES string of the molecule is CCN(CC)c1ccc(NC2CC(=O)N(C)C2=O)cc1. The average Bonchev–Trinajstić information content (AvgIpc) is 2.69. The van der Waals surface area contributed by atoms with Gasteiger partial charge in [0.2, 0.25) is 5.91 Å². The van der Waals surface area contributed by atoms with Crippen molar-refractivity contribution in [2.45, 2.75) is 26.3 Å². The molecule has 0 spiro atoms. The summed E-state index contributed by atoms with van der Waals surface area (Å²) in [4.78, 5) is 26.7. The third-order valence-corrected chi connectivity index (χ3v) is 3.72. The Morgan fingerprint density at radius 1 is 1.20 bits per heavy atom. The summed E-state index contributed by atoms with van der Waals surface area (Å²) in [6.07, 6.45) is 0.229. The summed E-state index contributed by atoms with van der Waals surface area (Å²) in [6.45, 7) is 6.16. The third-order valence-electron chi connectivity index (χ3n) is 3.72. The Morgan fingerprint density at radius 2 is 1.80 bits per heavy atom. The second kappa shape index (κ2) is 5.94. The zero-order chi connectivity index (χ0) is 14.7. The molecule has 108 valence electrons. The van der Waals surface area contributed by atoms with Gasteiger partial charge in [0.25, 0.3) is 5.91 Å². The molecule has 2 rings (SSSR count). The number of hydrogen-bond donors (Lipinski definition) is 1. The number of anilines is 2. The van der Waals surface area contributed by atoms with E-state index in [9.17, 15) is 9.59 Å². The molecule has 5 nitrogen and oxygen atoms in total. The summed E-state index contributed by atoms with van der Waals surface area (Å²) in [5.41, 5.74) is 2.02. The van der Waals surface area contributed by atoms with Crippen LogP contribution in [0.3, 0.4) is 0 Å². The van der Waals surface area contributed by atoms with Crippen LogP contribution in [-0.4, -0.2) is 42.9 Å². The number of carbonyl (C=O) groups is 2. The molecule has 0 aliphatic carbocycles. The smallest absolute Gasteiger partial charge is 0.251 e. The van der Waals surface area contributed by atoms with Crippen LogP contribution in [0, 0.1) is 0 Å². The molecule has 0 radical (unpaired) electrons. The summed E-state index contributed by atoms with van der Waals surface area (Å²) in [5.74, 6) is -0.296. The molecule has 1 aliphatic heterocycles. The van der Waals surface area contributed by atoms with E-state index >= 15 is 0 Å². The molecular formula is C15H21N3O2. The molecule has 1 saturated heterocycles. The number of benzene rings is 1. The molecule has 1 N–H and O–H groups in total. The van der Waals surface area contributed by atoms with Crippen molar-refractivity contribution in [1.82, 2.24) is 4.90 Å². The van der Waals surface area contributed by atoms with Gasteiger partial charge in [0.15, 0.2) is 0 Å². The lowest BCUT2D eigenvalue weighted by Crippen LogP contribution is -2.31. The molecule has 5 heteroatoms. The first-order valence-electron chi connectivity index (χ1n) is 6.98. The van der Waals surface area contributed by atoms with Gasteiger partial charge in [-0.1, -0.05) is 0 Å². The van der Waals surface area contributed by atoms with E-state index in [0.717, 1.165) is 24.5 Å². The summed E-state index contributed by atoms with van der Waals surface area (Å²) >= 11 is 0. The Bertz CT molecular complexity index is 494. The van der Waals surface area contributed by atoms with Gasteiger partial charge in [0, 0.05) is 31.5 Å². The van der Waals surface area contributed by atoms with Gasteiger partial charge in [0.05, 0.1) is 6.42 Å². The Morgan fingerprint density at radius 3 is 2.25 bits per heavy atom. The number of carbonyl (C=O) groups excluding carboxylic acids is 2. The zero-order valence-corrected chi connectivity index (χ0v) is 12.2. The van der Waals surface area contributed by atoms with Gasteiger partial charge in [-0.05, 0) is 38.1 Å². The van der Waals surface area contributed by atoms with E-state index in [1.165, 1.54) is 11.9 Å². The maximum absolute atomic E-state index is 11.8. The van der Waals surface area contributed by atoms with Gasteiger partial charge in [-0.3, -0.25) is 14.5 Å². The van der Waals surface area contributed by atoms with Gasteiger partial charge in [-0.2, -0.15) is 0 Å². The van der Waals surface area contributed by atoms with E-state index in [4.69, 9.17) is 0 Å². The second-order valence-electron chi connectivity index (χ2n) is 4.91. The number of nitrogens with zero attached hydrogens (tertiary/aromatic N) is 2. The minimum Gasteiger partial charge on any atom is -0.373 e. The highest BCUT2D eigenvalue weighted by atomic mass is 16.2. The average molecular weight is 275 g/mol. The summed E-state index contributed by atoms with van der Waals surface area (Å²) < 4.78 is 0. The molecule has 1 aromatic rings. The molecule has 1 fully saturated rings. The molecular weight excluding hydrogens is 254 g/mol. The van der Waals surface area contributed by atoms with Crippen LogP contribution in [0.15, 0.2) is 24.3 Å². The van der Waals surface area contributed by atoms with Crippen LogP contribution in [0.4, 0.5) is 11.4 Å². The zero-order valence-electron chi connectivity index (χ0n) is 12.2. The van der Waals surface area contributed by atoms with Crippen LogP contribution < -0.4 is 10.2 Å². The van der Waals surface area contributed by atoms with Gasteiger partial charge < -0.3 is 10.2 Å². The van der Waals surface area contributed by atoms with Gasteiger partial charge >= 0.3 is 0 Å². The quantitative estimate of drug-likeness (QED) is 0.831. The van der Waals surface area contributed by atoms with Crippen LogP contribution in [0.1, 0.15) is 20.3 Å². The fourth-order valence-electron chi connectivity index (χ4n) is 2.43. The minimum atomic E-state index is -0.438. The normalized spacial score (nSPS) is 18.6. The molecule has 0 bridgehead atoms. The fourth-order valence-corrected chi connectivity index (χ4v) is 2.43. The first-order chi connectivity index (χ1) is 9.56. The van der Waals surface area contributed by atoms with Gasteiger partial charge in [0.1, 0.15) is 6.04 Å². The Hall–Kier alpha value is -2.04. The number of likely N-dealkylation sites (N-methyl/N-ethyl adjacent to an activating group) is 1. The highest BCUT2D eigenvalue weighted by Gasteiger charge is 2.35. The summed E-state index contributed by atoms with van der Waals surface area (Å²) in [7, 11) is 1.52. The van der Waals surface area contributed by atoms with Crippen molar-refractivity contribution >= 4 is 23.2 Å². The standard InChI is InChI=1S/C15H21N3O2/c1-4-18(5-2)12-8-6-11(7-9-12)16-13-10-14(19)17(3)15(13)20/h6-9,13,16H,4-5,10H2,1-3H3. The van der Waals surface area contributed by atoms with Crippen molar-refractivity contribution in [2.24, 2.45) is 0 Å². The largest absolute Gasteiger partial charge is 0.373 e. The highest BCUT2D eigenvalue weighted by Crippen LogP contribution is 2.21. The molecule has 1 aliphatic rings. The number of amides is 2. The molecule has 1 unspecified atom stereocenters. The van der Waals surface area contributed by atoms with E-state index in [1.54, 1.807) is 0 Å². The molecule has 1 aromatic carbocycles. The van der Waals surface area contributed by atoms with Crippen molar-refractivity contribution in [3.05, 3.63) is 24.3 Å². The van der Waals surface area contributed by atoms with Crippen LogP contribution in [-0.2, 0) is 9.59 Å². The Balaban J connectivity index is 2.04. The van der Waals surface area contributed by atoms with Gasteiger partial charge in [-0.25, -0.2) is 0 Å². The number of likely N-dealkylation sites (tertiary alicyclic amines) is 1. The second-order valence-corrected chi connectivity index (χ2v) is 4.91. The van der Waals surface area contributed by atoms with Crippen LogP contribution in [0.2, 0.25) is 0 Å². The van der Waals surface area contributed by atoms with Crippen molar-refractivity contribution in [1.29, 1.82) is 0 Å². The third kappa shape index (κ3) is 2.76. The summed E-state index contributed by atoms with van der Waals surface area (Å²) in [5, 5.41) is 3.12. The Labute approximate surface area is 119 Å². The lowest BCUT2D eigenvalue weighted by Gasteiger charge is -2.21. The van der Waals surface area contributed by atoms with Crippen molar-refractivity contribution < 1.29 is 9.59 Å². The maximum Gasteiger partial charge on any atom is 0.251 e. The number of hydrogen-bond acceptors (Lipinski definition) is 4.